The van der Waals surface area contributed by atoms with E-state index in [2.05, 4.69) is 5.32 Å². The highest BCUT2D eigenvalue weighted by Crippen LogP contribution is 2.31. The van der Waals surface area contributed by atoms with E-state index in [1.807, 2.05) is 88.3 Å². The predicted octanol–water partition coefficient (Wildman–Crippen LogP) is 3.68. The van der Waals surface area contributed by atoms with Crippen LogP contribution < -0.4 is 10.2 Å². The summed E-state index contributed by atoms with van der Waals surface area (Å²) in [6, 6.07) is 15.4. The summed E-state index contributed by atoms with van der Waals surface area (Å²) in [6.45, 7) is 6.36. The summed E-state index contributed by atoms with van der Waals surface area (Å²) in [7, 11) is 3.94. The van der Waals surface area contributed by atoms with Crippen LogP contribution in [0.1, 0.15) is 25.0 Å². The van der Waals surface area contributed by atoms with E-state index in [-0.39, 0.29) is 24.5 Å². The van der Waals surface area contributed by atoms with E-state index < -0.39 is 0 Å². The van der Waals surface area contributed by atoms with Crippen LogP contribution in [-0.2, 0) is 14.3 Å². The lowest BCUT2D eigenvalue weighted by Gasteiger charge is -2.17. The lowest BCUT2D eigenvalue weighted by atomic mass is 10.0. The van der Waals surface area contributed by atoms with E-state index in [1.54, 1.807) is 0 Å². The highest BCUT2D eigenvalue weighted by Gasteiger charge is 2.39. The molecular weight excluding hydrogens is 378 g/mol. The van der Waals surface area contributed by atoms with Gasteiger partial charge in [-0.2, -0.15) is 0 Å². The molecule has 0 saturated carbocycles. The van der Waals surface area contributed by atoms with Crippen molar-refractivity contribution in [1.29, 1.82) is 0 Å². The Morgan fingerprint density at radius 3 is 2.17 bits per heavy atom. The summed E-state index contributed by atoms with van der Waals surface area (Å²) in [5.74, 6) is -0.636. The average molecular weight is 408 g/mol. The summed E-state index contributed by atoms with van der Waals surface area (Å²) < 4.78 is 5.56. The topological polar surface area (TPSA) is 61.9 Å². The van der Waals surface area contributed by atoms with E-state index in [0.717, 1.165) is 22.5 Å². The van der Waals surface area contributed by atoms with Gasteiger partial charge in [0.2, 0.25) is 0 Å². The largest absolute Gasteiger partial charge is 0.378 e. The van der Waals surface area contributed by atoms with Gasteiger partial charge in [-0.1, -0.05) is 29.8 Å². The number of carbonyl (C=O) groups is 2. The third kappa shape index (κ3) is 4.71. The smallest absolute Gasteiger partial charge is 0.278 e. The van der Waals surface area contributed by atoms with Gasteiger partial charge in [-0.3, -0.25) is 14.5 Å². The number of nitrogens with zero attached hydrogens (tertiary/aromatic N) is 2. The molecule has 0 saturated heterocycles. The standard InChI is InChI=1S/C24H29N3O3/c1-16(2)30-15-14-27-23(28)21(18-8-6-17(3)7-9-18)22(24(27)29)25-19-10-12-20(13-11-19)26(4)5/h6-13,16,25H,14-15H2,1-5H3. The van der Waals surface area contributed by atoms with Gasteiger partial charge >= 0.3 is 0 Å². The second-order valence-corrected chi connectivity index (χ2v) is 7.86. The number of imide groups is 1. The number of aryl methyl sites for hydroxylation is 1. The van der Waals surface area contributed by atoms with Gasteiger partial charge < -0.3 is 15.0 Å². The second kappa shape index (κ2) is 9.13. The summed E-state index contributed by atoms with van der Waals surface area (Å²) >= 11 is 0. The molecule has 2 aromatic rings. The van der Waals surface area contributed by atoms with Gasteiger partial charge in [-0.05, 0) is 50.6 Å². The lowest BCUT2D eigenvalue weighted by molar-refractivity contribution is -0.137. The molecule has 0 aromatic heterocycles. The maximum atomic E-state index is 13.2. The van der Waals surface area contributed by atoms with Gasteiger partial charge in [-0.25, -0.2) is 0 Å². The first-order chi connectivity index (χ1) is 14.3. The normalized spacial score (nSPS) is 14.1. The molecule has 2 amide bonds. The van der Waals surface area contributed by atoms with Gasteiger partial charge in [0.1, 0.15) is 5.70 Å². The Balaban J connectivity index is 1.93. The van der Waals surface area contributed by atoms with Crippen LogP contribution >= 0.6 is 0 Å². The first kappa shape index (κ1) is 21.6. The average Bonchev–Trinajstić information content (AvgIpc) is 2.93. The zero-order chi connectivity index (χ0) is 21.8. The zero-order valence-corrected chi connectivity index (χ0v) is 18.2. The zero-order valence-electron chi connectivity index (χ0n) is 18.2. The number of hydrogen-bond donors (Lipinski definition) is 1. The summed E-state index contributed by atoms with van der Waals surface area (Å²) in [6.07, 6.45) is 0.0372. The summed E-state index contributed by atoms with van der Waals surface area (Å²) in [4.78, 5) is 29.6. The van der Waals surface area contributed by atoms with Crippen LogP contribution in [0.25, 0.3) is 5.57 Å². The molecule has 2 aromatic carbocycles. The Morgan fingerprint density at radius 1 is 0.967 bits per heavy atom. The van der Waals surface area contributed by atoms with E-state index in [4.69, 9.17) is 4.74 Å². The molecular formula is C24H29N3O3. The summed E-state index contributed by atoms with van der Waals surface area (Å²) in [5, 5.41) is 3.19. The van der Waals surface area contributed by atoms with Crippen LogP contribution in [-0.4, -0.2) is 50.1 Å². The predicted molar refractivity (Wildman–Crippen MR) is 120 cm³/mol. The minimum Gasteiger partial charge on any atom is -0.378 e. The van der Waals surface area contributed by atoms with Crippen LogP contribution in [0, 0.1) is 6.92 Å². The molecule has 1 heterocycles. The monoisotopic (exact) mass is 407 g/mol. The van der Waals surface area contributed by atoms with Gasteiger partial charge in [0.25, 0.3) is 11.8 Å². The first-order valence-electron chi connectivity index (χ1n) is 10.1. The quantitative estimate of drug-likeness (QED) is 0.677. The van der Waals surface area contributed by atoms with E-state index >= 15 is 0 Å². The number of ether oxygens (including phenoxy) is 1. The molecule has 0 unspecified atom stereocenters. The van der Waals surface area contributed by atoms with Crippen molar-refractivity contribution in [3.8, 4) is 0 Å². The van der Waals surface area contributed by atoms with Crippen LogP contribution in [0.4, 0.5) is 11.4 Å². The van der Waals surface area contributed by atoms with Crippen molar-refractivity contribution in [2.75, 3.05) is 37.5 Å². The molecule has 6 heteroatoms. The summed E-state index contributed by atoms with van der Waals surface area (Å²) in [5.41, 5.74) is 4.30. The van der Waals surface area contributed by atoms with Crippen LogP contribution in [0.2, 0.25) is 0 Å². The Hall–Kier alpha value is -3.12. The number of nitrogens with one attached hydrogen (secondary N) is 1. The SMILES string of the molecule is Cc1ccc(C2=C(Nc3ccc(N(C)C)cc3)C(=O)N(CCOC(C)C)C2=O)cc1. The molecule has 0 fully saturated rings. The van der Waals surface area contributed by atoms with Gasteiger partial charge in [0, 0.05) is 25.5 Å². The van der Waals surface area contributed by atoms with Crippen LogP contribution in [0.3, 0.4) is 0 Å². The Kier molecular flexibility index (Phi) is 6.57. The van der Waals surface area contributed by atoms with Crippen molar-refractivity contribution in [2.24, 2.45) is 0 Å². The molecule has 3 rings (SSSR count). The van der Waals surface area contributed by atoms with Gasteiger partial charge in [-0.15, -0.1) is 0 Å². The third-order valence-corrected chi connectivity index (χ3v) is 4.93. The van der Waals surface area contributed by atoms with Crippen molar-refractivity contribution >= 4 is 28.8 Å². The molecule has 30 heavy (non-hydrogen) atoms. The molecule has 0 atom stereocenters. The molecule has 0 radical (unpaired) electrons. The molecule has 1 N–H and O–H groups in total. The number of anilines is 2. The van der Waals surface area contributed by atoms with Crippen molar-refractivity contribution in [3.05, 3.63) is 65.4 Å². The van der Waals surface area contributed by atoms with E-state index in [0.29, 0.717) is 17.9 Å². The maximum Gasteiger partial charge on any atom is 0.278 e. The van der Waals surface area contributed by atoms with E-state index in [1.165, 1.54) is 4.90 Å². The Bertz CT molecular complexity index is 945. The lowest BCUT2D eigenvalue weighted by Crippen LogP contribution is -2.35. The van der Waals surface area contributed by atoms with Crippen LogP contribution in [0.15, 0.2) is 54.2 Å². The van der Waals surface area contributed by atoms with Crippen LogP contribution in [0.5, 0.6) is 0 Å². The minimum atomic E-state index is -0.334. The molecule has 158 valence electrons. The minimum absolute atomic E-state index is 0.0372. The number of benzene rings is 2. The molecule has 0 bridgehead atoms. The fraction of sp³-hybridized carbons (Fsp3) is 0.333. The molecule has 0 spiro atoms. The maximum absolute atomic E-state index is 13.2. The van der Waals surface area contributed by atoms with E-state index in [9.17, 15) is 9.59 Å². The van der Waals surface area contributed by atoms with Crippen molar-refractivity contribution in [1.82, 2.24) is 4.90 Å². The second-order valence-electron chi connectivity index (χ2n) is 7.86. The number of carbonyl (C=O) groups excluding carboxylic acids is 2. The number of amides is 2. The first-order valence-corrected chi connectivity index (χ1v) is 10.1. The Morgan fingerprint density at radius 2 is 1.60 bits per heavy atom. The highest BCUT2D eigenvalue weighted by molar-refractivity contribution is 6.36. The fourth-order valence-electron chi connectivity index (χ4n) is 3.25. The van der Waals surface area contributed by atoms with Crippen molar-refractivity contribution in [2.45, 2.75) is 26.9 Å². The fourth-order valence-corrected chi connectivity index (χ4v) is 3.25. The van der Waals surface area contributed by atoms with Crippen molar-refractivity contribution < 1.29 is 14.3 Å². The number of hydrogen-bond acceptors (Lipinski definition) is 5. The highest BCUT2D eigenvalue weighted by atomic mass is 16.5. The molecule has 1 aliphatic heterocycles. The molecule has 6 nitrogen and oxygen atoms in total. The van der Waals surface area contributed by atoms with Gasteiger partial charge in [0.05, 0.1) is 24.8 Å². The third-order valence-electron chi connectivity index (χ3n) is 4.93. The van der Waals surface area contributed by atoms with Gasteiger partial charge in [0.15, 0.2) is 0 Å². The molecule has 1 aliphatic rings. The Labute approximate surface area is 178 Å². The molecule has 0 aliphatic carbocycles. The van der Waals surface area contributed by atoms with Crippen molar-refractivity contribution in [3.63, 3.8) is 0 Å². The number of rotatable bonds is 8.